The third-order valence-electron chi connectivity index (χ3n) is 4.27. The number of hydrogen-bond donors (Lipinski definition) is 0. The second-order valence-electron chi connectivity index (χ2n) is 6.50. The molecule has 0 radical (unpaired) electrons. The summed E-state index contributed by atoms with van der Waals surface area (Å²) in [6, 6.07) is 14.2. The molecule has 0 fully saturated rings. The van der Waals surface area contributed by atoms with Crippen molar-refractivity contribution in [1.29, 1.82) is 0 Å². The molecule has 2 aromatic carbocycles. The Kier molecular flexibility index (Phi) is 9.76. The Labute approximate surface area is 182 Å². The molecule has 0 spiro atoms. The third kappa shape index (κ3) is 8.12. The van der Waals surface area contributed by atoms with E-state index in [9.17, 15) is 13.2 Å². The van der Waals surface area contributed by atoms with Crippen LogP contribution in [0.1, 0.15) is 25.7 Å². The summed E-state index contributed by atoms with van der Waals surface area (Å²) in [6.45, 7) is 3.66. The highest BCUT2D eigenvalue weighted by Gasteiger charge is 2.13. The highest BCUT2D eigenvalue weighted by molar-refractivity contribution is 7.98. The van der Waals surface area contributed by atoms with Gasteiger partial charge in [0.15, 0.2) is 9.84 Å². The Hall–Kier alpha value is -2.45. The molecule has 160 valence electrons. The van der Waals surface area contributed by atoms with Crippen LogP contribution in [0.4, 0.5) is 11.4 Å². The number of benzene rings is 2. The van der Waals surface area contributed by atoms with Gasteiger partial charge >= 0.3 is 5.97 Å². The number of unbranched alkanes of at least 4 members (excludes halogenated alkanes) is 3. The third-order valence-corrected chi connectivity index (χ3v) is 6.83. The van der Waals surface area contributed by atoms with E-state index in [-0.39, 0.29) is 10.6 Å². The van der Waals surface area contributed by atoms with E-state index in [0.717, 1.165) is 29.5 Å². The van der Waals surface area contributed by atoms with Crippen LogP contribution in [-0.4, -0.2) is 33.0 Å². The summed E-state index contributed by atoms with van der Waals surface area (Å²) in [4.78, 5) is 12.4. The summed E-state index contributed by atoms with van der Waals surface area (Å²) in [6.07, 6.45) is 5.96. The van der Waals surface area contributed by atoms with E-state index in [4.69, 9.17) is 4.74 Å². The van der Waals surface area contributed by atoms with E-state index in [1.165, 1.54) is 0 Å². The molecule has 0 bridgehead atoms. The van der Waals surface area contributed by atoms with Crippen LogP contribution in [0.15, 0.2) is 81.2 Å². The summed E-state index contributed by atoms with van der Waals surface area (Å²) in [7, 11) is -3.34. The lowest BCUT2D eigenvalue weighted by atomic mass is 10.2. The minimum absolute atomic E-state index is 0.0854. The Morgan fingerprint density at radius 2 is 1.53 bits per heavy atom. The van der Waals surface area contributed by atoms with Crippen molar-refractivity contribution in [2.45, 2.75) is 35.5 Å². The lowest BCUT2D eigenvalue weighted by Crippen LogP contribution is -2.07. The van der Waals surface area contributed by atoms with Crippen molar-refractivity contribution >= 4 is 38.9 Å². The van der Waals surface area contributed by atoms with Gasteiger partial charge in [-0.2, -0.15) is 10.2 Å². The zero-order valence-electron chi connectivity index (χ0n) is 17.0. The number of carbonyl (C=O) groups excluding carboxylic acids is 1. The first kappa shape index (κ1) is 23.8. The van der Waals surface area contributed by atoms with Gasteiger partial charge in [-0.3, -0.25) is 0 Å². The van der Waals surface area contributed by atoms with Crippen molar-refractivity contribution in [2.75, 3.05) is 18.6 Å². The molecule has 0 heterocycles. The number of hydrogen-bond acceptors (Lipinski definition) is 7. The lowest BCUT2D eigenvalue weighted by molar-refractivity contribution is -0.137. The maximum Gasteiger partial charge on any atom is 0.330 e. The van der Waals surface area contributed by atoms with E-state index in [1.807, 2.05) is 30.5 Å². The molecule has 0 aromatic heterocycles. The van der Waals surface area contributed by atoms with Crippen molar-refractivity contribution in [3.8, 4) is 0 Å². The average Bonchev–Trinajstić information content (AvgIpc) is 2.77. The van der Waals surface area contributed by atoms with Crippen LogP contribution in [0.3, 0.4) is 0 Å². The Bertz CT molecular complexity index is 954. The number of esters is 1. The van der Waals surface area contributed by atoms with Gasteiger partial charge in [0, 0.05) is 11.0 Å². The number of sulfone groups is 1. The number of carbonyl (C=O) groups is 1. The Morgan fingerprint density at radius 3 is 2.10 bits per heavy atom. The molecule has 0 amide bonds. The normalized spacial score (nSPS) is 11.5. The minimum Gasteiger partial charge on any atom is -0.463 e. The molecule has 2 rings (SSSR count). The first-order chi connectivity index (χ1) is 14.4. The van der Waals surface area contributed by atoms with E-state index in [0.29, 0.717) is 25.1 Å². The summed E-state index contributed by atoms with van der Waals surface area (Å²) in [5.41, 5.74) is 1.33. The highest BCUT2D eigenvalue weighted by atomic mass is 32.2. The van der Waals surface area contributed by atoms with Gasteiger partial charge in [-0.05, 0) is 67.6 Å². The van der Waals surface area contributed by atoms with Crippen molar-refractivity contribution in [3.63, 3.8) is 0 Å². The Balaban J connectivity index is 1.80. The summed E-state index contributed by atoms with van der Waals surface area (Å²) in [5.74, 6) is -0.351. The van der Waals surface area contributed by atoms with Crippen LogP contribution in [0, 0.1) is 0 Å². The fraction of sp³-hybridized carbons (Fsp3) is 0.318. The smallest absolute Gasteiger partial charge is 0.330 e. The second kappa shape index (κ2) is 12.3. The molecule has 0 aliphatic carbocycles. The molecule has 30 heavy (non-hydrogen) atoms. The first-order valence-electron chi connectivity index (χ1n) is 9.62. The maximum atomic E-state index is 12.5. The molecular weight excluding hydrogens is 420 g/mol. The topological polar surface area (TPSA) is 85.2 Å². The zero-order chi connectivity index (χ0) is 21.8. The number of azo groups is 1. The molecule has 0 N–H and O–H groups in total. The van der Waals surface area contributed by atoms with Crippen molar-refractivity contribution < 1.29 is 17.9 Å². The molecule has 0 saturated carbocycles. The molecule has 0 aliphatic rings. The predicted octanol–water partition coefficient (Wildman–Crippen LogP) is 5.89. The van der Waals surface area contributed by atoms with Gasteiger partial charge in [0.05, 0.1) is 28.6 Å². The monoisotopic (exact) mass is 446 g/mol. The van der Waals surface area contributed by atoms with Crippen LogP contribution >= 0.6 is 11.8 Å². The molecule has 0 aliphatic heterocycles. The van der Waals surface area contributed by atoms with Crippen LogP contribution in [0.25, 0.3) is 0 Å². The van der Waals surface area contributed by atoms with Gasteiger partial charge in [-0.15, -0.1) is 11.8 Å². The van der Waals surface area contributed by atoms with E-state index in [2.05, 4.69) is 16.8 Å². The van der Waals surface area contributed by atoms with Crippen LogP contribution in [0.5, 0.6) is 0 Å². The van der Waals surface area contributed by atoms with Crippen molar-refractivity contribution in [2.24, 2.45) is 10.2 Å². The number of ether oxygens (including phenoxy) is 1. The standard InChI is InChI=1S/C22H26N2O4S2/c1-3-22(25)28-16-6-4-5-7-17-30(26,27)21-14-10-19(11-15-21)24-23-18-8-12-20(29-2)13-9-18/h3,8-15H,1,4-7,16-17H2,2H3. The van der Waals surface area contributed by atoms with Gasteiger partial charge in [0.1, 0.15) is 0 Å². The molecule has 6 nitrogen and oxygen atoms in total. The quantitative estimate of drug-likeness (QED) is 0.133. The minimum atomic E-state index is -3.34. The predicted molar refractivity (Wildman–Crippen MR) is 121 cm³/mol. The Morgan fingerprint density at radius 1 is 0.967 bits per heavy atom. The first-order valence-corrected chi connectivity index (χ1v) is 12.5. The largest absolute Gasteiger partial charge is 0.463 e. The second-order valence-corrected chi connectivity index (χ2v) is 9.49. The lowest BCUT2D eigenvalue weighted by Gasteiger charge is -2.05. The molecule has 8 heteroatoms. The van der Waals surface area contributed by atoms with Gasteiger partial charge in [-0.25, -0.2) is 13.2 Å². The fourth-order valence-corrected chi connectivity index (χ4v) is 4.36. The molecule has 0 unspecified atom stereocenters. The van der Waals surface area contributed by atoms with Gasteiger partial charge in [0.25, 0.3) is 0 Å². The van der Waals surface area contributed by atoms with Crippen molar-refractivity contribution in [1.82, 2.24) is 0 Å². The van der Waals surface area contributed by atoms with E-state index >= 15 is 0 Å². The molecule has 0 saturated heterocycles. The molecule has 0 atom stereocenters. The van der Waals surface area contributed by atoms with Crippen LogP contribution < -0.4 is 0 Å². The van der Waals surface area contributed by atoms with Gasteiger partial charge < -0.3 is 4.74 Å². The van der Waals surface area contributed by atoms with Crippen LogP contribution in [-0.2, 0) is 19.4 Å². The fourth-order valence-electron chi connectivity index (χ4n) is 2.58. The van der Waals surface area contributed by atoms with E-state index < -0.39 is 15.8 Å². The van der Waals surface area contributed by atoms with Gasteiger partial charge in [-0.1, -0.05) is 19.4 Å². The summed E-state index contributed by atoms with van der Waals surface area (Å²) in [5, 5.41) is 8.33. The summed E-state index contributed by atoms with van der Waals surface area (Å²) < 4.78 is 29.8. The zero-order valence-corrected chi connectivity index (χ0v) is 18.6. The molecule has 2 aromatic rings. The average molecular weight is 447 g/mol. The SMILES string of the molecule is C=CC(=O)OCCCCCCS(=O)(=O)c1ccc(N=Nc2ccc(SC)cc2)cc1. The van der Waals surface area contributed by atoms with E-state index in [1.54, 1.807) is 36.0 Å². The van der Waals surface area contributed by atoms with Gasteiger partial charge in [0.2, 0.25) is 0 Å². The number of thioether (sulfide) groups is 1. The number of nitrogens with zero attached hydrogens (tertiary/aromatic N) is 2. The number of rotatable bonds is 12. The van der Waals surface area contributed by atoms with Crippen LogP contribution in [0.2, 0.25) is 0 Å². The molecular formula is C22H26N2O4S2. The maximum absolute atomic E-state index is 12.5. The summed E-state index contributed by atoms with van der Waals surface area (Å²) >= 11 is 1.66. The van der Waals surface area contributed by atoms with Crippen molar-refractivity contribution in [3.05, 3.63) is 61.2 Å². The highest BCUT2D eigenvalue weighted by Crippen LogP contribution is 2.23.